The average Bonchev–Trinajstić information content (AvgIpc) is 3.05. The van der Waals surface area contributed by atoms with Gasteiger partial charge >= 0.3 is 0 Å². The molecule has 5 nitrogen and oxygen atoms in total. The molecule has 7 heteroatoms. The van der Waals surface area contributed by atoms with Gasteiger partial charge in [-0.3, -0.25) is 4.79 Å². The van der Waals surface area contributed by atoms with Gasteiger partial charge in [-0.25, -0.2) is 4.99 Å². The van der Waals surface area contributed by atoms with Crippen molar-refractivity contribution < 1.29 is 14.3 Å². The largest absolute Gasteiger partial charge is 0.493 e. The molecule has 1 saturated heterocycles. The fourth-order valence-corrected chi connectivity index (χ4v) is 3.92. The van der Waals surface area contributed by atoms with Crippen molar-refractivity contribution in [1.82, 2.24) is 5.32 Å². The van der Waals surface area contributed by atoms with Gasteiger partial charge in [0, 0.05) is 0 Å². The fraction of sp³-hybridized carbons (Fsp3) is 0.304. The van der Waals surface area contributed by atoms with Crippen molar-refractivity contribution >= 4 is 46.2 Å². The lowest BCUT2D eigenvalue weighted by atomic mass is 10.1. The molecule has 158 valence electrons. The SMILES string of the molecule is CC[C@H](C)Oc1c(Cl)cc(/C=C2\SC(=Nc3cccc(C)c3C)NC2=O)cc1OC. The Bertz CT molecular complexity index is 1030. The summed E-state index contributed by atoms with van der Waals surface area (Å²) in [6.07, 6.45) is 2.64. The van der Waals surface area contributed by atoms with E-state index >= 15 is 0 Å². The third kappa shape index (κ3) is 4.99. The van der Waals surface area contributed by atoms with Crippen LogP contribution in [0, 0.1) is 13.8 Å². The molecule has 2 aromatic rings. The Balaban J connectivity index is 1.88. The first-order chi connectivity index (χ1) is 14.3. The number of carbonyl (C=O) groups is 1. The summed E-state index contributed by atoms with van der Waals surface area (Å²) < 4.78 is 11.3. The maximum absolute atomic E-state index is 12.5. The molecule has 1 aliphatic heterocycles. The van der Waals surface area contributed by atoms with Gasteiger partial charge in [-0.15, -0.1) is 0 Å². The minimum Gasteiger partial charge on any atom is -0.493 e. The summed E-state index contributed by atoms with van der Waals surface area (Å²) >= 11 is 7.74. The van der Waals surface area contributed by atoms with Crippen molar-refractivity contribution in [2.45, 2.75) is 40.2 Å². The number of aliphatic imine (C=N–C) groups is 1. The van der Waals surface area contributed by atoms with E-state index in [0.29, 0.717) is 26.6 Å². The zero-order chi connectivity index (χ0) is 21.8. The number of rotatable bonds is 6. The van der Waals surface area contributed by atoms with Crippen molar-refractivity contribution in [2.24, 2.45) is 4.99 Å². The first-order valence-electron chi connectivity index (χ1n) is 9.72. The van der Waals surface area contributed by atoms with Crippen molar-refractivity contribution in [3.63, 3.8) is 0 Å². The van der Waals surface area contributed by atoms with E-state index in [-0.39, 0.29) is 12.0 Å². The van der Waals surface area contributed by atoms with Gasteiger partial charge in [0.05, 0.1) is 28.8 Å². The van der Waals surface area contributed by atoms with Crippen LogP contribution in [0.1, 0.15) is 37.0 Å². The molecule has 3 rings (SSSR count). The van der Waals surface area contributed by atoms with E-state index in [1.165, 1.54) is 11.8 Å². The number of thioether (sulfide) groups is 1. The van der Waals surface area contributed by atoms with Gasteiger partial charge in [0.25, 0.3) is 5.91 Å². The van der Waals surface area contributed by atoms with Crippen LogP contribution in [-0.4, -0.2) is 24.3 Å². The minimum atomic E-state index is -0.195. The molecule has 1 heterocycles. The van der Waals surface area contributed by atoms with Crippen LogP contribution in [0.3, 0.4) is 0 Å². The number of amides is 1. The van der Waals surface area contributed by atoms with E-state index in [2.05, 4.69) is 10.3 Å². The average molecular weight is 445 g/mol. The molecule has 1 atom stereocenters. The Morgan fingerprint density at radius 3 is 2.77 bits per heavy atom. The summed E-state index contributed by atoms with van der Waals surface area (Å²) in [4.78, 5) is 17.6. The third-order valence-corrected chi connectivity index (χ3v) is 6.08. The number of ether oxygens (including phenoxy) is 2. The summed E-state index contributed by atoms with van der Waals surface area (Å²) in [5.41, 5.74) is 3.84. The number of halogens is 1. The Morgan fingerprint density at radius 2 is 2.07 bits per heavy atom. The van der Waals surface area contributed by atoms with Crippen LogP contribution in [0.15, 0.2) is 40.2 Å². The summed E-state index contributed by atoms with van der Waals surface area (Å²) in [5.74, 6) is 0.845. The normalized spacial score (nSPS) is 17.3. The lowest BCUT2D eigenvalue weighted by Gasteiger charge is -2.17. The van der Waals surface area contributed by atoms with E-state index < -0.39 is 0 Å². The smallest absolute Gasteiger partial charge is 0.264 e. The summed E-state index contributed by atoms with van der Waals surface area (Å²) in [6.45, 7) is 8.07. The van der Waals surface area contributed by atoms with Gasteiger partial charge in [-0.05, 0) is 79.9 Å². The quantitative estimate of drug-likeness (QED) is 0.552. The third-order valence-electron chi connectivity index (χ3n) is 4.89. The second-order valence-corrected chi connectivity index (χ2v) is 8.51. The molecular formula is C23H25ClN2O3S. The molecule has 0 spiro atoms. The number of nitrogens with zero attached hydrogens (tertiary/aromatic N) is 1. The van der Waals surface area contributed by atoms with Crippen molar-refractivity contribution in [2.75, 3.05) is 7.11 Å². The summed E-state index contributed by atoms with van der Waals surface area (Å²) in [5, 5.41) is 3.81. The lowest BCUT2D eigenvalue weighted by molar-refractivity contribution is -0.115. The molecule has 0 saturated carbocycles. The maximum Gasteiger partial charge on any atom is 0.264 e. The van der Waals surface area contributed by atoms with Gasteiger partial charge < -0.3 is 14.8 Å². The molecule has 1 aliphatic rings. The van der Waals surface area contributed by atoms with Crippen LogP contribution >= 0.6 is 23.4 Å². The number of carbonyl (C=O) groups excluding carboxylic acids is 1. The van der Waals surface area contributed by atoms with Gasteiger partial charge in [0.1, 0.15) is 0 Å². The molecule has 0 bridgehead atoms. The summed E-state index contributed by atoms with van der Waals surface area (Å²) in [7, 11) is 1.57. The number of nitrogens with one attached hydrogen (secondary N) is 1. The molecule has 1 N–H and O–H groups in total. The number of hydrogen-bond acceptors (Lipinski definition) is 5. The molecule has 0 unspecified atom stereocenters. The van der Waals surface area contributed by atoms with E-state index in [1.54, 1.807) is 19.3 Å². The number of aryl methyl sites for hydroxylation is 1. The number of hydrogen-bond donors (Lipinski definition) is 1. The van der Waals surface area contributed by atoms with Crippen molar-refractivity contribution in [3.8, 4) is 11.5 Å². The molecule has 0 radical (unpaired) electrons. The van der Waals surface area contributed by atoms with Crippen LogP contribution in [-0.2, 0) is 4.79 Å². The zero-order valence-electron chi connectivity index (χ0n) is 17.7. The highest BCUT2D eigenvalue weighted by atomic mass is 35.5. The zero-order valence-corrected chi connectivity index (χ0v) is 19.3. The Kier molecular flexibility index (Phi) is 7.10. The van der Waals surface area contributed by atoms with E-state index in [4.69, 9.17) is 21.1 Å². The highest BCUT2D eigenvalue weighted by Gasteiger charge is 2.24. The Labute approximate surface area is 186 Å². The van der Waals surface area contributed by atoms with Gasteiger partial charge in [0.2, 0.25) is 0 Å². The van der Waals surface area contributed by atoms with Gasteiger partial charge in [-0.2, -0.15) is 0 Å². The number of amidine groups is 1. The van der Waals surface area contributed by atoms with E-state index in [1.807, 2.05) is 52.0 Å². The van der Waals surface area contributed by atoms with Crippen LogP contribution in [0.5, 0.6) is 11.5 Å². The lowest BCUT2D eigenvalue weighted by Crippen LogP contribution is -2.19. The van der Waals surface area contributed by atoms with Gasteiger partial charge in [0.15, 0.2) is 16.7 Å². The molecule has 1 fully saturated rings. The Morgan fingerprint density at radius 1 is 1.30 bits per heavy atom. The Hall–Kier alpha value is -2.44. The highest BCUT2D eigenvalue weighted by molar-refractivity contribution is 8.18. The van der Waals surface area contributed by atoms with E-state index in [0.717, 1.165) is 28.8 Å². The van der Waals surface area contributed by atoms with Crippen LogP contribution in [0.25, 0.3) is 6.08 Å². The van der Waals surface area contributed by atoms with Crippen molar-refractivity contribution in [3.05, 3.63) is 56.9 Å². The number of methoxy groups -OCH3 is 1. The molecular weight excluding hydrogens is 420 g/mol. The topological polar surface area (TPSA) is 59.9 Å². The van der Waals surface area contributed by atoms with Crippen LogP contribution in [0.4, 0.5) is 5.69 Å². The number of benzene rings is 2. The standard InChI is InChI=1S/C23H25ClN2O3S/c1-6-14(3)29-21-17(24)10-16(11-19(21)28-5)12-20-22(27)26-23(30-20)25-18-9-7-8-13(2)15(18)4/h7-12,14H,6H2,1-5H3,(H,25,26,27)/b20-12-/t14-/m0/s1. The molecule has 1 amide bonds. The minimum absolute atomic E-state index is 0.0145. The fourth-order valence-electron chi connectivity index (χ4n) is 2.82. The maximum atomic E-state index is 12.5. The van der Waals surface area contributed by atoms with Crippen LogP contribution in [0.2, 0.25) is 5.02 Å². The second-order valence-electron chi connectivity index (χ2n) is 7.07. The molecule has 2 aromatic carbocycles. The molecule has 0 aromatic heterocycles. The second kappa shape index (κ2) is 9.58. The van der Waals surface area contributed by atoms with E-state index in [9.17, 15) is 4.79 Å². The summed E-state index contributed by atoms with van der Waals surface area (Å²) in [6, 6.07) is 9.50. The first kappa shape index (κ1) is 22.2. The van der Waals surface area contributed by atoms with Crippen LogP contribution < -0.4 is 14.8 Å². The molecule has 30 heavy (non-hydrogen) atoms. The first-order valence-corrected chi connectivity index (χ1v) is 10.9. The predicted molar refractivity (Wildman–Crippen MR) is 125 cm³/mol. The predicted octanol–water partition coefficient (Wildman–Crippen LogP) is 6.03. The molecule has 0 aliphatic carbocycles. The highest BCUT2D eigenvalue weighted by Crippen LogP contribution is 2.39. The monoisotopic (exact) mass is 444 g/mol. The van der Waals surface area contributed by atoms with Crippen molar-refractivity contribution in [1.29, 1.82) is 0 Å². The van der Waals surface area contributed by atoms with Gasteiger partial charge in [-0.1, -0.05) is 30.7 Å².